The van der Waals surface area contributed by atoms with Gasteiger partial charge < -0.3 is 24.3 Å². The molecule has 2 aromatic rings. The number of fused-ring (bicyclic) bond motifs is 1. The largest absolute Gasteiger partial charge is 0.493 e. The van der Waals surface area contributed by atoms with Crippen LogP contribution in [-0.4, -0.2) is 49.5 Å². The molecule has 1 aliphatic carbocycles. The van der Waals surface area contributed by atoms with Crippen molar-refractivity contribution in [2.75, 3.05) is 20.3 Å². The number of halogens is 1. The molecule has 0 aliphatic heterocycles. The molecule has 1 saturated carbocycles. The van der Waals surface area contributed by atoms with Crippen LogP contribution in [0.3, 0.4) is 0 Å². The van der Waals surface area contributed by atoms with E-state index in [0.717, 1.165) is 43.9 Å². The molecule has 0 bridgehead atoms. The zero-order valence-electron chi connectivity index (χ0n) is 19.1. The predicted molar refractivity (Wildman–Crippen MR) is 125 cm³/mol. The van der Waals surface area contributed by atoms with E-state index >= 15 is 0 Å². The summed E-state index contributed by atoms with van der Waals surface area (Å²) in [6, 6.07) is 4.32. The second-order valence-corrected chi connectivity index (χ2v) is 8.39. The van der Waals surface area contributed by atoms with Crippen molar-refractivity contribution in [2.45, 2.75) is 64.0 Å². The number of amides is 1. The maximum Gasteiger partial charge on any atom is 0.407 e. The Hall–Kier alpha value is -2.74. The smallest absolute Gasteiger partial charge is 0.407 e. The standard InChI is InChI=1S/C24H31ClN2O6/c1-3-4-12-32-24(29)27-19(23(28)33-16-7-5-6-8-16)10-13-31-22-15-20-17(14-21(22)30-2)18(25)9-11-26-20/h9,11,14-16,19H,3-8,10,12-13H2,1-2H3,(H,27,29). The maximum absolute atomic E-state index is 12.7. The molecule has 1 fully saturated rings. The lowest BCUT2D eigenvalue weighted by Gasteiger charge is -2.20. The summed E-state index contributed by atoms with van der Waals surface area (Å²) in [4.78, 5) is 29.2. The van der Waals surface area contributed by atoms with Crippen molar-refractivity contribution in [1.29, 1.82) is 0 Å². The molecule has 1 aromatic carbocycles. The monoisotopic (exact) mass is 478 g/mol. The Balaban J connectivity index is 1.65. The lowest BCUT2D eigenvalue weighted by molar-refractivity contribution is -0.151. The minimum atomic E-state index is -0.876. The van der Waals surface area contributed by atoms with E-state index in [1.807, 2.05) is 6.92 Å². The van der Waals surface area contributed by atoms with Gasteiger partial charge in [0, 0.05) is 24.1 Å². The number of rotatable bonds is 11. The van der Waals surface area contributed by atoms with Crippen LogP contribution in [-0.2, 0) is 14.3 Å². The molecular formula is C24H31ClN2O6. The average molecular weight is 479 g/mol. The van der Waals surface area contributed by atoms with E-state index in [0.29, 0.717) is 28.6 Å². The number of esters is 1. The van der Waals surface area contributed by atoms with Crippen LogP contribution in [0, 0.1) is 0 Å². The maximum atomic E-state index is 12.7. The first-order chi connectivity index (χ1) is 16.0. The molecule has 1 heterocycles. The Morgan fingerprint density at radius 1 is 1.21 bits per heavy atom. The fraction of sp³-hybridized carbons (Fsp3) is 0.542. The second-order valence-electron chi connectivity index (χ2n) is 7.98. The first-order valence-electron chi connectivity index (χ1n) is 11.4. The van der Waals surface area contributed by atoms with E-state index in [4.69, 9.17) is 30.5 Å². The van der Waals surface area contributed by atoms with Crippen LogP contribution in [0.4, 0.5) is 4.79 Å². The van der Waals surface area contributed by atoms with Crippen molar-refractivity contribution in [1.82, 2.24) is 10.3 Å². The molecule has 1 aliphatic rings. The van der Waals surface area contributed by atoms with E-state index in [1.54, 1.807) is 24.4 Å². The zero-order chi connectivity index (χ0) is 23.6. The van der Waals surface area contributed by atoms with Gasteiger partial charge in [-0.25, -0.2) is 9.59 Å². The molecule has 1 unspecified atom stereocenters. The van der Waals surface area contributed by atoms with E-state index in [1.165, 1.54) is 7.11 Å². The third-order valence-corrected chi connectivity index (χ3v) is 5.86. The van der Waals surface area contributed by atoms with Crippen molar-refractivity contribution >= 4 is 34.6 Å². The van der Waals surface area contributed by atoms with Gasteiger partial charge in [-0.3, -0.25) is 4.98 Å². The zero-order valence-corrected chi connectivity index (χ0v) is 19.9. The van der Waals surface area contributed by atoms with Crippen LogP contribution in [0.5, 0.6) is 11.5 Å². The molecule has 1 N–H and O–H groups in total. The summed E-state index contributed by atoms with van der Waals surface area (Å²) < 4.78 is 22.1. The highest BCUT2D eigenvalue weighted by Crippen LogP contribution is 2.34. The summed E-state index contributed by atoms with van der Waals surface area (Å²) in [7, 11) is 1.54. The molecular weight excluding hydrogens is 448 g/mol. The van der Waals surface area contributed by atoms with E-state index < -0.39 is 18.1 Å². The molecule has 1 amide bonds. The van der Waals surface area contributed by atoms with Gasteiger partial charge in [0.15, 0.2) is 11.5 Å². The van der Waals surface area contributed by atoms with Crippen LogP contribution in [0.15, 0.2) is 24.4 Å². The van der Waals surface area contributed by atoms with Gasteiger partial charge in [0.25, 0.3) is 0 Å². The number of carbonyl (C=O) groups excluding carboxylic acids is 2. The number of pyridine rings is 1. The second kappa shape index (κ2) is 12.5. The molecule has 0 radical (unpaired) electrons. The average Bonchev–Trinajstić information content (AvgIpc) is 3.31. The number of nitrogens with one attached hydrogen (secondary N) is 1. The van der Waals surface area contributed by atoms with Gasteiger partial charge in [-0.2, -0.15) is 0 Å². The molecule has 0 spiro atoms. The minimum absolute atomic E-state index is 0.102. The van der Waals surface area contributed by atoms with Crippen molar-refractivity contribution < 1.29 is 28.5 Å². The number of methoxy groups -OCH3 is 1. The summed E-state index contributed by atoms with van der Waals surface area (Å²) in [6.07, 6.45) is 6.52. The van der Waals surface area contributed by atoms with E-state index in [-0.39, 0.29) is 19.1 Å². The normalized spacial score (nSPS) is 14.6. The molecule has 0 saturated heterocycles. The topological polar surface area (TPSA) is 96.0 Å². The molecule has 1 aromatic heterocycles. The van der Waals surface area contributed by atoms with Gasteiger partial charge in [-0.05, 0) is 44.2 Å². The van der Waals surface area contributed by atoms with Crippen LogP contribution < -0.4 is 14.8 Å². The number of hydrogen-bond acceptors (Lipinski definition) is 7. The molecule has 180 valence electrons. The molecule has 1 atom stereocenters. The SMILES string of the molecule is CCCCOC(=O)NC(CCOc1cc2nccc(Cl)c2cc1OC)C(=O)OC1CCCC1. The van der Waals surface area contributed by atoms with Gasteiger partial charge >= 0.3 is 12.1 Å². The van der Waals surface area contributed by atoms with Gasteiger partial charge in [0.05, 0.1) is 30.9 Å². The lowest BCUT2D eigenvalue weighted by atomic mass is 10.2. The highest BCUT2D eigenvalue weighted by Gasteiger charge is 2.27. The molecule has 33 heavy (non-hydrogen) atoms. The summed E-state index contributed by atoms with van der Waals surface area (Å²) >= 11 is 6.24. The molecule has 8 nitrogen and oxygen atoms in total. The Morgan fingerprint density at radius 3 is 2.73 bits per heavy atom. The van der Waals surface area contributed by atoms with Gasteiger partial charge in [0.1, 0.15) is 12.1 Å². The number of ether oxygens (including phenoxy) is 4. The minimum Gasteiger partial charge on any atom is -0.493 e. The first kappa shape index (κ1) is 24.9. The Bertz CT molecular complexity index is 948. The third-order valence-electron chi connectivity index (χ3n) is 5.53. The highest BCUT2D eigenvalue weighted by atomic mass is 35.5. The molecule has 9 heteroatoms. The van der Waals surface area contributed by atoms with Crippen molar-refractivity contribution in [3.63, 3.8) is 0 Å². The van der Waals surface area contributed by atoms with Crippen LogP contribution in [0.1, 0.15) is 51.9 Å². The number of unbranched alkanes of at least 4 members (excludes halogenated alkanes) is 1. The number of aromatic nitrogens is 1. The van der Waals surface area contributed by atoms with Gasteiger partial charge in [-0.1, -0.05) is 24.9 Å². The van der Waals surface area contributed by atoms with E-state index in [9.17, 15) is 9.59 Å². The number of benzene rings is 1. The highest BCUT2D eigenvalue weighted by molar-refractivity contribution is 6.35. The third kappa shape index (κ3) is 7.12. The van der Waals surface area contributed by atoms with Crippen LogP contribution in [0.25, 0.3) is 10.9 Å². The summed E-state index contributed by atoms with van der Waals surface area (Å²) in [5.74, 6) is 0.486. The number of hydrogen-bond donors (Lipinski definition) is 1. The summed E-state index contributed by atoms with van der Waals surface area (Å²) in [6.45, 7) is 2.44. The number of alkyl carbamates (subject to hydrolysis) is 1. The Kier molecular flexibility index (Phi) is 9.42. The molecule has 3 rings (SSSR count). The Morgan fingerprint density at radius 2 is 2.00 bits per heavy atom. The summed E-state index contributed by atoms with van der Waals surface area (Å²) in [5, 5.41) is 3.93. The van der Waals surface area contributed by atoms with Crippen molar-refractivity contribution in [2.24, 2.45) is 0 Å². The number of nitrogens with zero attached hydrogens (tertiary/aromatic N) is 1. The van der Waals surface area contributed by atoms with E-state index in [2.05, 4.69) is 10.3 Å². The van der Waals surface area contributed by atoms with Crippen LogP contribution >= 0.6 is 11.6 Å². The predicted octanol–water partition coefficient (Wildman–Crippen LogP) is 5.05. The first-order valence-corrected chi connectivity index (χ1v) is 11.8. The fourth-order valence-corrected chi connectivity index (χ4v) is 3.88. The summed E-state index contributed by atoms with van der Waals surface area (Å²) in [5.41, 5.74) is 0.660. The number of carbonyl (C=O) groups is 2. The lowest BCUT2D eigenvalue weighted by Crippen LogP contribution is -2.44. The van der Waals surface area contributed by atoms with Crippen LogP contribution in [0.2, 0.25) is 5.02 Å². The fourth-order valence-electron chi connectivity index (χ4n) is 3.67. The van der Waals surface area contributed by atoms with Crippen molar-refractivity contribution in [3.8, 4) is 11.5 Å². The van der Waals surface area contributed by atoms with Crippen molar-refractivity contribution in [3.05, 3.63) is 29.4 Å². The van der Waals surface area contributed by atoms with Gasteiger partial charge in [0.2, 0.25) is 0 Å². The quantitative estimate of drug-likeness (QED) is 0.356. The van der Waals surface area contributed by atoms with Gasteiger partial charge in [-0.15, -0.1) is 0 Å². The Labute approximate surface area is 198 Å².